The van der Waals surface area contributed by atoms with Crippen LogP contribution in [0.4, 0.5) is 5.69 Å². The van der Waals surface area contributed by atoms with Crippen molar-refractivity contribution in [2.24, 2.45) is 0 Å². The summed E-state index contributed by atoms with van der Waals surface area (Å²) in [7, 11) is 3.08. The summed E-state index contributed by atoms with van der Waals surface area (Å²) >= 11 is 0. The van der Waals surface area contributed by atoms with Crippen LogP contribution < -0.4 is 10.1 Å². The van der Waals surface area contributed by atoms with Crippen molar-refractivity contribution in [2.45, 2.75) is 18.8 Å². The highest BCUT2D eigenvalue weighted by molar-refractivity contribution is 5.72. The molecular formula is C13H17NO3. The second-order valence-corrected chi connectivity index (χ2v) is 4.12. The third-order valence-corrected chi connectivity index (χ3v) is 3.15. The normalized spacial score (nSPS) is 17.9. The maximum absolute atomic E-state index is 11.4. The van der Waals surface area contributed by atoms with Gasteiger partial charge in [0.25, 0.3) is 0 Å². The minimum Gasteiger partial charge on any atom is -0.495 e. The largest absolute Gasteiger partial charge is 0.495 e. The first-order chi connectivity index (χ1) is 8.26. The summed E-state index contributed by atoms with van der Waals surface area (Å²) in [6.45, 7) is 0.856. The van der Waals surface area contributed by atoms with Crippen molar-refractivity contribution in [2.75, 3.05) is 26.1 Å². The van der Waals surface area contributed by atoms with E-state index < -0.39 is 0 Å². The van der Waals surface area contributed by atoms with Crippen LogP contribution in [0.2, 0.25) is 0 Å². The molecule has 17 heavy (non-hydrogen) atoms. The lowest BCUT2D eigenvalue weighted by Crippen LogP contribution is -2.20. The highest BCUT2D eigenvalue weighted by Crippen LogP contribution is 2.39. The number of carbonyl (C=O) groups excluding carboxylic acids is 1. The van der Waals surface area contributed by atoms with Crippen molar-refractivity contribution in [3.8, 4) is 5.75 Å². The third kappa shape index (κ3) is 2.35. The quantitative estimate of drug-likeness (QED) is 0.815. The van der Waals surface area contributed by atoms with Crippen molar-refractivity contribution in [3.05, 3.63) is 23.8 Å². The number of ether oxygens (including phenoxy) is 2. The Morgan fingerprint density at radius 2 is 2.29 bits per heavy atom. The molecule has 1 N–H and O–H groups in total. The number of methoxy groups -OCH3 is 2. The smallest absolute Gasteiger partial charge is 0.306 e. The Balaban J connectivity index is 2.28. The zero-order valence-corrected chi connectivity index (χ0v) is 10.2. The van der Waals surface area contributed by atoms with Crippen LogP contribution >= 0.6 is 0 Å². The molecule has 1 aliphatic rings. The summed E-state index contributed by atoms with van der Waals surface area (Å²) in [4.78, 5) is 11.4. The molecule has 1 aliphatic heterocycles. The van der Waals surface area contributed by atoms with E-state index in [-0.39, 0.29) is 11.9 Å². The lowest BCUT2D eigenvalue weighted by molar-refractivity contribution is -0.141. The monoisotopic (exact) mass is 235 g/mol. The van der Waals surface area contributed by atoms with E-state index in [1.54, 1.807) is 7.11 Å². The fraction of sp³-hybridized carbons (Fsp3) is 0.462. The van der Waals surface area contributed by atoms with Crippen LogP contribution in [0.15, 0.2) is 18.2 Å². The number of hydrogen-bond acceptors (Lipinski definition) is 4. The Labute approximate surface area is 101 Å². The Kier molecular flexibility index (Phi) is 3.52. The molecule has 4 heteroatoms. The second-order valence-electron chi connectivity index (χ2n) is 4.12. The zero-order valence-electron chi connectivity index (χ0n) is 10.2. The van der Waals surface area contributed by atoms with Gasteiger partial charge in [0, 0.05) is 6.54 Å². The van der Waals surface area contributed by atoms with Gasteiger partial charge in [0.15, 0.2) is 0 Å². The van der Waals surface area contributed by atoms with Crippen LogP contribution in [0.5, 0.6) is 5.75 Å². The van der Waals surface area contributed by atoms with Gasteiger partial charge in [-0.1, -0.05) is 12.1 Å². The average molecular weight is 235 g/mol. The fourth-order valence-corrected chi connectivity index (χ4v) is 2.27. The van der Waals surface area contributed by atoms with Gasteiger partial charge in [-0.15, -0.1) is 0 Å². The van der Waals surface area contributed by atoms with Gasteiger partial charge in [0.05, 0.1) is 26.3 Å². The molecule has 0 aliphatic carbocycles. The summed E-state index contributed by atoms with van der Waals surface area (Å²) in [5.74, 6) is 0.886. The SMILES string of the molecule is COC(=O)CC1CCNc2c(OC)cccc21. The first-order valence-corrected chi connectivity index (χ1v) is 5.74. The molecule has 2 rings (SSSR count). The fourth-order valence-electron chi connectivity index (χ4n) is 2.27. The topological polar surface area (TPSA) is 47.6 Å². The number of benzene rings is 1. The summed E-state index contributed by atoms with van der Waals surface area (Å²) in [5, 5.41) is 3.33. The Bertz CT molecular complexity index is 417. The molecule has 4 nitrogen and oxygen atoms in total. The molecule has 1 atom stereocenters. The number of rotatable bonds is 3. The Morgan fingerprint density at radius 1 is 1.47 bits per heavy atom. The molecule has 0 fully saturated rings. The molecule has 0 spiro atoms. The number of hydrogen-bond donors (Lipinski definition) is 1. The maximum Gasteiger partial charge on any atom is 0.306 e. The van der Waals surface area contributed by atoms with Gasteiger partial charge < -0.3 is 14.8 Å². The van der Waals surface area contributed by atoms with E-state index in [9.17, 15) is 4.79 Å². The number of nitrogens with one attached hydrogen (secondary N) is 1. The minimum atomic E-state index is -0.161. The van der Waals surface area contributed by atoms with Gasteiger partial charge in [-0.3, -0.25) is 4.79 Å². The molecule has 0 bridgehead atoms. The molecule has 0 amide bonds. The molecule has 0 aromatic heterocycles. The van der Waals surface area contributed by atoms with Crippen molar-refractivity contribution in [3.63, 3.8) is 0 Å². The van der Waals surface area contributed by atoms with Gasteiger partial charge >= 0.3 is 5.97 Å². The molecule has 0 saturated heterocycles. The summed E-state index contributed by atoms with van der Waals surface area (Å²) in [5.41, 5.74) is 2.15. The van der Waals surface area contributed by atoms with Crippen LogP contribution in [0, 0.1) is 0 Å². The number of fused-ring (bicyclic) bond motifs is 1. The van der Waals surface area contributed by atoms with Crippen molar-refractivity contribution >= 4 is 11.7 Å². The van der Waals surface area contributed by atoms with E-state index >= 15 is 0 Å². The maximum atomic E-state index is 11.4. The lowest BCUT2D eigenvalue weighted by Gasteiger charge is -2.27. The van der Waals surface area contributed by atoms with Crippen LogP contribution in [0.1, 0.15) is 24.3 Å². The van der Waals surface area contributed by atoms with Crippen molar-refractivity contribution in [1.82, 2.24) is 0 Å². The molecule has 92 valence electrons. The molecule has 1 unspecified atom stereocenters. The molecule has 0 radical (unpaired) electrons. The zero-order chi connectivity index (χ0) is 12.3. The molecule has 1 aromatic carbocycles. The van der Waals surface area contributed by atoms with E-state index in [0.29, 0.717) is 6.42 Å². The first kappa shape index (κ1) is 11.8. The van der Waals surface area contributed by atoms with Gasteiger partial charge in [0.2, 0.25) is 0 Å². The predicted octanol–water partition coefficient (Wildman–Crippen LogP) is 2.16. The molecule has 1 heterocycles. The first-order valence-electron chi connectivity index (χ1n) is 5.74. The third-order valence-electron chi connectivity index (χ3n) is 3.15. The van der Waals surface area contributed by atoms with Crippen LogP contribution in [0.3, 0.4) is 0 Å². The molecule has 1 aromatic rings. The molecular weight excluding hydrogens is 218 g/mol. The minimum absolute atomic E-state index is 0.161. The van der Waals surface area contributed by atoms with E-state index in [4.69, 9.17) is 9.47 Å². The van der Waals surface area contributed by atoms with Gasteiger partial charge in [-0.05, 0) is 24.0 Å². The van der Waals surface area contributed by atoms with Crippen molar-refractivity contribution in [1.29, 1.82) is 0 Å². The highest BCUT2D eigenvalue weighted by atomic mass is 16.5. The van der Waals surface area contributed by atoms with E-state index in [1.807, 2.05) is 18.2 Å². The lowest BCUT2D eigenvalue weighted by atomic mass is 9.88. The summed E-state index contributed by atoms with van der Waals surface area (Å²) in [6.07, 6.45) is 1.37. The average Bonchev–Trinajstić information content (AvgIpc) is 2.38. The number of anilines is 1. The van der Waals surface area contributed by atoms with E-state index in [2.05, 4.69) is 5.32 Å². The van der Waals surface area contributed by atoms with Gasteiger partial charge in [-0.25, -0.2) is 0 Å². The highest BCUT2D eigenvalue weighted by Gasteiger charge is 2.24. The van der Waals surface area contributed by atoms with Crippen molar-refractivity contribution < 1.29 is 14.3 Å². The summed E-state index contributed by atoms with van der Waals surface area (Å²) in [6, 6.07) is 5.92. The number of esters is 1. The van der Waals surface area contributed by atoms with Crippen LogP contribution in [0.25, 0.3) is 0 Å². The van der Waals surface area contributed by atoms with E-state index in [1.165, 1.54) is 7.11 Å². The van der Waals surface area contributed by atoms with E-state index in [0.717, 1.165) is 30.0 Å². The Hall–Kier alpha value is -1.71. The number of para-hydroxylation sites is 1. The summed E-state index contributed by atoms with van der Waals surface area (Å²) < 4.78 is 10.0. The van der Waals surface area contributed by atoms with Crippen LogP contribution in [-0.4, -0.2) is 26.7 Å². The van der Waals surface area contributed by atoms with Crippen LogP contribution in [-0.2, 0) is 9.53 Å². The standard InChI is InChI=1S/C13H17NO3/c1-16-11-5-3-4-10-9(8-12(15)17-2)6-7-14-13(10)11/h3-5,9,14H,6-8H2,1-2H3. The molecule has 0 saturated carbocycles. The predicted molar refractivity (Wildman–Crippen MR) is 65.5 cm³/mol. The second kappa shape index (κ2) is 5.08. The van der Waals surface area contributed by atoms with Gasteiger partial charge in [0.1, 0.15) is 5.75 Å². The Morgan fingerprint density at radius 3 is 3.00 bits per heavy atom. The van der Waals surface area contributed by atoms with Gasteiger partial charge in [-0.2, -0.15) is 0 Å². The number of carbonyl (C=O) groups is 1.